The van der Waals surface area contributed by atoms with Crippen LogP contribution in [-0.2, 0) is 4.79 Å². The summed E-state index contributed by atoms with van der Waals surface area (Å²) >= 11 is 0. The van der Waals surface area contributed by atoms with E-state index in [1.807, 2.05) is 0 Å². The number of nitrogens with one attached hydrogen (secondary N) is 2. The SMILES string of the molecule is CC1(C)CCCNC1C(=O)NCCCN1CCCCC1. The number of likely N-dealkylation sites (tertiary alicyclic amines) is 1. The van der Waals surface area contributed by atoms with Gasteiger partial charge in [0.25, 0.3) is 0 Å². The quantitative estimate of drug-likeness (QED) is 0.755. The van der Waals surface area contributed by atoms with Crippen LogP contribution in [0.25, 0.3) is 0 Å². The minimum Gasteiger partial charge on any atom is -0.355 e. The van der Waals surface area contributed by atoms with Gasteiger partial charge < -0.3 is 15.5 Å². The van der Waals surface area contributed by atoms with Gasteiger partial charge in [-0.2, -0.15) is 0 Å². The summed E-state index contributed by atoms with van der Waals surface area (Å²) in [6.07, 6.45) is 7.44. The molecule has 2 aliphatic heterocycles. The zero-order valence-electron chi connectivity index (χ0n) is 13.2. The van der Waals surface area contributed by atoms with Crippen LogP contribution in [-0.4, -0.2) is 49.6 Å². The Kier molecular flexibility index (Phi) is 5.85. The monoisotopic (exact) mass is 281 g/mol. The highest BCUT2D eigenvalue weighted by molar-refractivity contribution is 5.82. The van der Waals surface area contributed by atoms with Crippen molar-refractivity contribution in [1.82, 2.24) is 15.5 Å². The molecule has 2 aliphatic rings. The predicted octanol–water partition coefficient (Wildman–Crippen LogP) is 1.76. The lowest BCUT2D eigenvalue weighted by Gasteiger charge is -2.38. The number of hydrogen-bond acceptors (Lipinski definition) is 3. The van der Waals surface area contributed by atoms with Crippen molar-refractivity contribution in [1.29, 1.82) is 0 Å². The van der Waals surface area contributed by atoms with E-state index in [1.165, 1.54) is 38.8 Å². The van der Waals surface area contributed by atoms with Crippen LogP contribution in [0.15, 0.2) is 0 Å². The molecule has 0 saturated carbocycles. The summed E-state index contributed by atoms with van der Waals surface area (Å²) in [7, 11) is 0. The van der Waals surface area contributed by atoms with Gasteiger partial charge in [-0.1, -0.05) is 20.3 Å². The van der Waals surface area contributed by atoms with Crippen LogP contribution in [0, 0.1) is 5.41 Å². The molecule has 2 fully saturated rings. The third kappa shape index (κ3) is 4.45. The highest BCUT2D eigenvalue weighted by atomic mass is 16.2. The Morgan fingerprint density at radius 3 is 2.70 bits per heavy atom. The Labute approximate surface area is 123 Å². The van der Waals surface area contributed by atoms with E-state index in [2.05, 4.69) is 29.4 Å². The van der Waals surface area contributed by atoms with Gasteiger partial charge in [0.1, 0.15) is 0 Å². The average Bonchev–Trinajstić information content (AvgIpc) is 2.44. The molecule has 0 spiro atoms. The van der Waals surface area contributed by atoms with Crippen molar-refractivity contribution in [2.24, 2.45) is 5.41 Å². The smallest absolute Gasteiger partial charge is 0.237 e. The van der Waals surface area contributed by atoms with Crippen molar-refractivity contribution >= 4 is 5.91 Å². The topological polar surface area (TPSA) is 44.4 Å². The zero-order chi connectivity index (χ0) is 14.4. The van der Waals surface area contributed by atoms with E-state index >= 15 is 0 Å². The van der Waals surface area contributed by atoms with E-state index in [9.17, 15) is 4.79 Å². The van der Waals surface area contributed by atoms with E-state index in [0.29, 0.717) is 0 Å². The van der Waals surface area contributed by atoms with Crippen LogP contribution < -0.4 is 10.6 Å². The summed E-state index contributed by atoms with van der Waals surface area (Å²) in [6.45, 7) is 9.77. The first-order valence-corrected chi connectivity index (χ1v) is 8.33. The van der Waals surface area contributed by atoms with Gasteiger partial charge in [0.15, 0.2) is 0 Å². The molecule has 0 radical (unpaired) electrons. The fraction of sp³-hybridized carbons (Fsp3) is 0.938. The molecule has 0 aliphatic carbocycles. The molecule has 1 atom stereocenters. The first-order valence-electron chi connectivity index (χ1n) is 8.33. The molecule has 20 heavy (non-hydrogen) atoms. The number of hydrogen-bond donors (Lipinski definition) is 2. The lowest BCUT2D eigenvalue weighted by atomic mass is 9.77. The summed E-state index contributed by atoms with van der Waals surface area (Å²) in [5.41, 5.74) is 0.0786. The van der Waals surface area contributed by atoms with Crippen molar-refractivity contribution in [2.75, 3.05) is 32.7 Å². The number of nitrogens with zero attached hydrogens (tertiary/aromatic N) is 1. The second kappa shape index (κ2) is 7.41. The van der Waals surface area contributed by atoms with Crippen LogP contribution in [0.2, 0.25) is 0 Å². The molecular weight excluding hydrogens is 250 g/mol. The number of amides is 1. The lowest BCUT2D eigenvalue weighted by molar-refractivity contribution is -0.126. The maximum Gasteiger partial charge on any atom is 0.237 e. The lowest BCUT2D eigenvalue weighted by Crippen LogP contribution is -2.55. The number of piperidine rings is 2. The van der Waals surface area contributed by atoms with Crippen LogP contribution in [0.3, 0.4) is 0 Å². The predicted molar refractivity (Wildman–Crippen MR) is 82.7 cm³/mol. The van der Waals surface area contributed by atoms with Gasteiger partial charge in [-0.25, -0.2) is 0 Å². The van der Waals surface area contributed by atoms with Gasteiger partial charge in [0.05, 0.1) is 6.04 Å². The van der Waals surface area contributed by atoms with Gasteiger partial charge in [-0.15, -0.1) is 0 Å². The molecule has 0 aromatic heterocycles. The van der Waals surface area contributed by atoms with Crippen LogP contribution in [0.1, 0.15) is 52.4 Å². The summed E-state index contributed by atoms with van der Waals surface area (Å²) in [5, 5.41) is 6.50. The molecule has 2 N–H and O–H groups in total. The standard InChI is InChI=1S/C16H31N3O/c1-16(2)8-6-9-17-14(16)15(20)18-10-7-13-19-11-4-3-5-12-19/h14,17H,3-13H2,1-2H3,(H,18,20). The van der Waals surface area contributed by atoms with Gasteiger partial charge in [-0.3, -0.25) is 4.79 Å². The molecule has 0 bridgehead atoms. The third-order valence-electron chi connectivity index (χ3n) is 4.79. The maximum atomic E-state index is 12.3. The van der Waals surface area contributed by atoms with Crippen molar-refractivity contribution in [2.45, 2.75) is 58.4 Å². The van der Waals surface area contributed by atoms with E-state index in [4.69, 9.17) is 0 Å². The Hall–Kier alpha value is -0.610. The molecule has 4 nitrogen and oxygen atoms in total. The molecule has 1 unspecified atom stereocenters. The summed E-state index contributed by atoms with van der Waals surface area (Å²) < 4.78 is 0. The normalized spacial score (nSPS) is 27.2. The van der Waals surface area contributed by atoms with Crippen LogP contribution in [0.4, 0.5) is 0 Å². The minimum atomic E-state index is -0.0220. The largest absolute Gasteiger partial charge is 0.355 e. The van der Waals surface area contributed by atoms with Crippen molar-refractivity contribution < 1.29 is 4.79 Å². The molecular formula is C16H31N3O. The Morgan fingerprint density at radius 1 is 1.25 bits per heavy atom. The fourth-order valence-corrected chi connectivity index (χ4v) is 3.46. The van der Waals surface area contributed by atoms with E-state index in [0.717, 1.165) is 32.5 Å². The molecule has 4 heteroatoms. The summed E-state index contributed by atoms with van der Waals surface area (Å²) in [4.78, 5) is 14.8. The van der Waals surface area contributed by atoms with Gasteiger partial charge in [0, 0.05) is 6.54 Å². The molecule has 2 saturated heterocycles. The van der Waals surface area contributed by atoms with Crippen molar-refractivity contribution in [3.05, 3.63) is 0 Å². The summed E-state index contributed by atoms with van der Waals surface area (Å²) in [5.74, 6) is 0.188. The van der Waals surface area contributed by atoms with Crippen LogP contribution in [0.5, 0.6) is 0 Å². The highest BCUT2D eigenvalue weighted by Gasteiger charge is 2.36. The zero-order valence-corrected chi connectivity index (χ0v) is 13.2. The van der Waals surface area contributed by atoms with Gasteiger partial charge >= 0.3 is 0 Å². The van der Waals surface area contributed by atoms with E-state index in [-0.39, 0.29) is 17.4 Å². The van der Waals surface area contributed by atoms with Crippen LogP contribution >= 0.6 is 0 Å². The van der Waals surface area contributed by atoms with E-state index < -0.39 is 0 Å². The second-order valence-corrected chi connectivity index (χ2v) is 7.03. The third-order valence-corrected chi connectivity index (χ3v) is 4.79. The molecule has 2 heterocycles. The van der Waals surface area contributed by atoms with E-state index in [1.54, 1.807) is 0 Å². The first-order chi connectivity index (χ1) is 9.59. The highest BCUT2D eigenvalue weighted by Crippen LogP contribution is 2.30. The summed E-state index contributed by atoms with van der Waals surface area (Å²) in [6, 6.07) is -0.0220. The molecule has 2 rings (SSSR count). The van der Waals surface area contributed by atoms with Crippen molar-refractivity contribution in [3.8, 4) is 0 Å². The maximum absolute atomic E-state index is 12.3. The molecule has 0 aromatic rings. The minimum absolute atomic E-state index is 0.0220. The molecule has 116 valence electrons. The Morgan fingerprint density at radius 2 is 2.00 bits per heavy atom. The van der Waals surface area contributed by atoms with Gasteiger partial charge in [-0.05, 0) is 63.7 Å². The number of carbonyl (C=O) groups is 1. The first kappa shape index (κ1) is 15.8. The Balaban J connectivity index is 1.64. The Bertz CT molecular complexity index is 311. The second-order valence-electron chi connectivity index (χ2n) is 7.03. The molecule has 0 aromatic carbocycles. The fourth-order valence-electron chi connectivity index (χ4n) is 3.46. The number of rotatable bonds is 5. The van der Waals surface area contributed by atoms with Crippen molar-refractivity contribution in [3.63, 3.8) is 0 Å². The average molecular weight is 281 g/mol. The molecule has 1 amide bonds. The number of carbonyl (C=O) groups excluding carboxylic acids is 1. The van der Waals surface area contributed by atoms with Gasteiger partial charge in [0.2, 0.25) is 5.91 Å².